The van der Waals surface area contributed by atoms with Gasteiger partial charge in [-0.2, -0.15) is 0 Å². The van der Waals surface area contributed by atoms with Crippen molar-refractivity contribution < 1.29 is 4.74 Å². The fraction of sp³-hybridized carbons (Fsp3) is 1.00. The third-order valence-corrected chi connectivity index (χ3v) is 3.36. The molecule has 1 saturated heterocycles. The van der Waals surface area contributed by atoms with Crippen molar-refractivity contribution in [3.05, 3.63) is 0 Å². The van der Waals surface area contributed by atoms with E-state index < -0.39 is 0 Å². The molecular weight excluding hydrogens is 156 g/mol. The molecule has 0 N–H and O–H groups in total. The highest BCUT2D eigenvalue weighted by Crippen LogP contribution is 2.24. The van der Waals surface area contributed by atoms with Crippen LogP contribution in [0.25, 0.3) is 0 Å². The topological polar surface area (TPSA) is 9.23 Å². The van der Waals surface area contributed by atoms with Crippen molar-refractivity contribution in [2.45, 2.75) is 38.5 Å². The first-order chi connectivity index (χ1) is 5.29. The summed E-state index contributed by atoms with van der Waals surface area (Å²) in [6, 6.07) is 0. The van der Waals surface area contributed by atoms with Crippen molar-refractivity contribution in [3.63, 3.8) is 0 Å². The zero-order valence-electron chi connectivity index (χ0n) is 7.51. The Labute approximate surface area is 73.9 Å². The quantitative estimate of drug-likeness (QED) is 0.650. The highest BCUT2D eigenvalue weighted by atomic mass is 32.2. The van der Waals surface area contributed by atoms with Gasteiger partial charge in [0.25, 0.3) is 0 Å². The number of ether oxygens (including phenoxy) is 1. The Morgan fingerprint density at radius 3 is 2.82 bits per heavy atom. The highest BCUT2D eigenvalue weighted by molar-refractivity contribution is 7.99. The van der Waals surface area contributed by atoms with Gasteiger partial charge in [-0.15, -0.1) is 11.8 Å². The molecule has 0 amide bonds. The maximum Gasteiger partial charge on any atom is 0.103 e. The minimum atomic E-state index is 0.506. The average Bonchev–Trinajstić information content (AvgIpc) is 2.03. The van der Waals surface area contributed by atoms with Crippen LogP contribution in [-0.2, 0) is 4.74 Å². The lowest BCUT2D eigenvalue weighted by Gasteiger charge is -2.22. The van der Waals surface area contributed by atoms with E-state index in [1.54, 1.807) is 0 Å². The fourth-order valence-electron chi connectivity index (χ4n) is 1.14. The summed E-state index contributed by atoms with van der Waals surface area (Å²) in [4.78, 5) is 0. The van der Waals surface area contributed by atoms with Crippen molar-refractivity contribution in [2.75, 3.05) is 12.4 Å². The van der Waals surface area contributed by atoms with Crippen LogP contribution >= 0.6 is 11.8 Å². The summed E-state index contributed by atoms with van der Waals surface area (Å²) in [6.45, 7) is 5.50. The summed E-state index contributed by atoms with van der Waals surface area (Å²) >= 11 is 1.98. The van der Waals surface area contributed by atoms with E-state index in [4.69, 9.17) is 4.74 Å². The van der Waals surface area contributed by atoms with Crippen molar-refractivity contribution in [1.82, 2.24) is 0 Å². The molecule has 1 aliphatic rings. The van der Waals surface area contributed by atoms with Crippen LogP contribution in [0, 0.1) is 5.92 Å². The van der Waals surface area contributed by atoms with E-state index in [0.717, 1.165) is 12.5 Å². The Kier molecular flexibility index (Phi) is 4.31. The van der Waals surface area contributed by atoms with Gasteiger partial charge in [-0.3, -0.25) is 0 Å². The van der Waals surface area contributed by atoms with Crippen molar-refractivity contribution in [1.29, 1.82) is 0 Å². The van der Waals surface area contributed by atoms with Gasteiger partial charge in [0, 0.05) is 6.61 Å². The third-order valence-electron chi connectivity index (χ3n) is 1.75. The summed E-state index contributed by atoms with van der Waals surface area (Å²) in [5.74, 6) is 2.04. The average molecular weight is 174 g/mol. The smallest absolute Gasteiger partial charge is 0.103 e. The lowest BCUT2D eigenvalue weighted by molar-refractivity contribution is 0.0727. The molecule has 1 fully saturated rings. The molecule has 2 heteroatoms. The SMILES string of the molecule is CC(C)CSC1CCCCO1. The molecule has 0 radical (unpaired) electrons. The molecule has 1 heterocycles. The van der Waals surface area contributed by atoms with E-state index in [1.807, 2.05) is 11.8 Å². The number of hydrogen-bond acceptors (Lipinski definition) is 2. The van der Waals surface area contributed by atoms with Gasteiger partial charge < -0.3 is 4.74 Å². The predicted octanol–water partition coefficient (Wildman–Crippen LogP) is 2.90. The van der Waals surface area contributed by atoms with E-state index in [-0.39, 0.29) is 0 Å². The second kappa shape index (κ2) is 5.04. The van der Waals surface area contributed by atoms with E-state index in [9.17, 15) is 0 Å². The van der Waals surface area contributed by atoms with Gasteiger partial charge >= 0.3 is 0 Å². The molecule has 1 rings (SSSR count). The highest BCUT2D eigenvalue weighted by Gasteiger charge is 2.13. The van der Waals surface area contributed by atoms with Crippen LogP contribution in [0.4, 0.5) is 0 Å². The van der Waals surface area contributed by atoms with E-state index in [2.05, 4.69) is 13.8 Å². The minimum absolute atomic E-state index is 0.506. The van der Waals surface area contributed by atoms with Crippen molar-refractivity contribution in [2.24, 2.45) is 5.92 Å². The van der Waals surface area contributed by atoms with Crippen LogP contribution in [0.15, 0.2) is 0 Å². The number of thioether (sulfide) groups is 1. The molecule has 11 heavy (non-hydrogen) atoms. The van der Waals surface area contributed by atoms with Crippen LogP contribution in [0.2, 0.25) is 0 Å². The maximum absolute atomic E-state index is 5.59. The summed E-state index contributed by atoms with van der Waals surface area (Å²) < 4.78 is 5.59. The Balaban J connectivity index is 2.05. The number of rotatable bonds is 3. The van der Waals surface area contributed by atoms with E-state index in [0.29, 0.717) is 5.44 Å². The lowest BCUT2D eigenvalue weighted by Crippen LogP contribution is -2.16. The molecule has 0 saturated carbocycles. The van der Waals surface area contributed by atoms with Gasteiger partial charge in [0.1, 0.15) is 5.44 Å². The molecule has 1 nitrogen and oxygen atoms in total. The van der Waals surface area contributed by atoms with E-state index >= 15 is 0 Å². The Morgan fingerprint density at radius 2 is 2.27 bits per heavy atom. The van der Waals surface area contributed by atoms with Crippen LogP contribution in [0.5, 0.6) is 0 Å². The molecule has 1 unspecified atom stereocenters. The van der Waals surface area contributed by atoms with Crippen molar-refractivity contribution in [3.8, 4) is 0 Å². The molecule has 1 aliphatic heterocycles. The van der Waals surface area contributed by atoms with Crippen LogP contribution in [0.3, 0.4) is 0 Å². The second-order valence-corrected chi connectivity index (χ2v) is 4.72. The molecule has 0 spiro atoms. The molecule has 0 bridgehead atoms. The zero-order chi connectivity index (χ0) is 8.10. The van der Waals surface area contributed by atoms with Gasteiger partial charge in [-0.25, -0.2) is 0 Å². The van der Waals surface area contributed by atoms with Crippen LogP contribution in [0.1, 0.15) is 33.1 Å². The predicted molar refractivity (Wildman–Crippen MR) is 50.9 cm³/mol. The standard InChI is InChI=1S/C9H18OS/c1-8(2)7-11-9-5-3-4-6-10-9/h8-9H,3-7H2,1-2H3. The maximum atomic E-state index is 5.59. The minimum Gasteiger partial charge on any atom is -0.368 e. The monoisotopic (exact) mass is 174 g/mol. The zero-order valence-corrected chi connectivity index (χ0v) is 8.32. The van der Waals surface area contributed by atoms with E-state index in [1.165, 1.54) is 25.0 Å². The molecule has 66 valence electrons. The molecule has 0 aromatic heterocycles. The summed E-state index contributed by atoms with van der Waals surface area (Å²) in [5.41, 5.74) is 0.506. The van der Waals surface area contributed by atoms with Gasteiger partial charge in [0.2, 0.25) is 0 Å². The Hall–Kier alpha value is 0.310. The lowest BCUT2D eigenvalue weighted by atomic mass is 10.2. The first-order valence-corrected chi connectivity index (χ1v) is 5.57. The second-order valence-electron chi connectivity index (χ2n) is 3.52. The van der Waals surface area contributed by atoms with Crippen LogP contribution < -0.4 is 0 Å². The molecule has 0 aliphatic carbocycles. The van der Waals surface area contributed by atoms with Gasteiger partial charge in [0.05, 0.1) is 0 Å². The molecule has 0 aromatic carbocycles. The molecule has 0 aromatic rings. The van der Waals surface area contributed by atoms with Crippen LogP contribution in [-0.4, -0.2) is 17.8 Å². The fourth-order valence-corrected chi connectivity index (χ4v) is 2.27. The summed E-state index contributed by atoms with van der Waals surface area (Å²) in [5, 5.41) is 0. The number of hydrogen-bond donors (Lipinski definition) is 0. The first kappa shape index (κ1) is 9.40. The summed E-state index contributed by atoms with van der Waals surface area (Å²) in [7, 11) is 0. The first-order valence-electron chi connectivity index (χ1n) is 4.52. The van der Waals surface area contributed by atoms with Crippen molar-refractivity contribution >= 4 is 11.8 Å². The van der Waals surface area contributed by atoms with Gasteiger partial charge in [0.15, 0.2) is 0 Å². The Bertz CT molecular complexity index is 97.7. The molecular formula is C9H18OS. The van der Waals surface area contributed by atoms with Gasteiger partial charge in [-0.05, 0) is 30.9 Å². The Morgan fingerprint density at radius 1 is 1.45 bits per heavy atom. The largest absolute Gasteiger partial charge is 0.368 e. The van der Waals surface area contributed by atoms with Gasteiger partial charge in [-0.1, -0.05) is 13.8 Å². The summed E-state index contributed by atoms with van der Waals surface area (Å²) in [6.07, 6.45) is 3.88. The molecule has 1 atom stereocenters. The third kappa shape index (κ3) is 4.02. The normalized spacial score (nSPS) is 25.9.